The van der Waals surface area contributed by atoms with Crippen LogP contribution in [0.1, 0.15) is 5.69 Å². The van der Waals surface area contributed by atoms with E-state index in [4.69, 9.17) is 9.84 Å². The summed E-state index contributed by atoms with van der Waals surface area (Å²) in [7, 11) is 3.93. The van der Waals surface area contributed by atoms with E-state index in [2.05, 4.69) is 9.97 Å². The maximum atomic E-state index is 8.98. The molecule has 1 aromatic carbocycles. The van der Waals surface area contributed by atoms with Gasteiger partial charge in [0.05, 0.1) is 24.7 Å². The average Bonchev–Trinajstić information content (AvgIpc) is 2.39. The molecule has 0 aliphatic carbocycles. The smallest absolute Gasteiger partial charge is 0.238 e. The molecule has 5 nitrogen and oxygen atoms in total. The maximum absolute atomic E-state index is 8.98. The van der Waals surface area contributed by atoms with E-state index < -0.39 is 0 Å². The van der Waals surface area contributed by atoms with Gasteiger partial charge in [0.1, 0.15) is 5.75 Å². The standard InChI is InChI=1S/C13H15N3O2/c1-16(2)11-4-3-5-12(6-11)18-13-8-14-7-10(9-17)15-13/h3-8,17H,9H2,1-2H3. The Morgan fingerprint density at radius 2 is 2.11 bits per heavy atom. The van der Waals surface area contributed by atoms with Crippen molar-refractivity contribution in [3.63, 3.8) is 0 Å². The van der Waals surface area contributed by atoms with Gasteiger partial charge < -0.3 is 14.7 Å². The van der Waals surface area contributed by atoms with Crippen LogP contribution in [0.2, 0.25) is 0 Å². The zero-order chi connectivity index (χ0) is 13.0. The second-order valence-electron chi connectivity index (χ2n) is 4.00. The normalized spacial score (nSPS) is 10.2. The van der Waals surface area contributed by atoms with Crippen molar-refractivity contribution >= 4 is 5.69 Å². The molecule has 2 rings (SSSR count). The molecular formula is C13H15N3O2. The minimum Gasteiger partial charge on any atom is -0.437 e. The van der Waals surface area contributed by atoms with Gasteiger partial charge in [-0.1, -0.05) is 6.07 Å². The summed E-state index contributed by atoms with van der Waals surface area (Å²) < 4.78 is 5.60. The van der Waals surface area contributed by atoms with Crippen LogP contribution in [-0.2, 0) is 6.61 Å². The van der Waals surface area contributed by atoms with Gasteiger partial charge in [0, 0.05) is 25.8 Å². The fraction of sp³-hybridized carbons (Fsp3) is 0.231. The van der Waals surface area contributed by atoms with Gasteiger partial charge in [-0.25, -0.2) is 4.98 Å². The molecule has 0 spiro atoms. The molecule has 5 heteroatoms. The molecule has 2 aromatic rings. The van der Waals surface area contributed by atoms with Gasteiger partial charge in [0.25, 0.3) is 0 Å². The summed E-state index contributed by atoms with van der Waals surface area (Å²) in [5.41, 5.74) is 1.52. The summed E-state index contributed by atoms with van der Waals surface area (Å²) in [5.74, 6) is 1.06. The minimum atomic E-state index is -0.151. The van der Waals surface area contributed by atoms with Crippen molar-refractivity contribution in [3.8, 4) is 11.6 Å². The summed E-state index contributed by atoms with van der Waals surface area (Å²) in [6.07, 6.45) is 3.02. The first-order chi connectivity index (χ1) is 8.69. The summed E-state index contributed by atoms with van der Waals surface area (Å²) in [4.78, 5) is 10.1. The zero-order valence-corrected chi connectivity index (χ0v) is 10.4. The molecule has 0 unspecified atom stereocenters. The van der Waals surface area contributed by atoms with Crippen molar-refractivity contribution in [2.75, 3.05) is 19.0 Å². The van der Waals surface area contributed by atoms with E-state index in [0.29, 0.717) is 17.3 Å². The molecule has 1 heterocycles. The number of hydrogen-bond acceptors (Lipinski definition) is 5. The molecular weight excluding hydrogens is 230 g/mol. The van der Waals surface area contributed by atoms with Crippen molar-refractivity contribution in [2.24, 2.45) is 0 Å². The lowest BCUT2D eigenvalue weighted by Gasteiger charge is -2.13. The molecule has 94 valence electrons. The van der Waals surface area contributed by atoms with Crippen LogP contribution in [0.5, 0.6) is 11.6 Å². The van der Waals surface area contributed by atoms with E-state index in [9.17, 15) is 0 Å². The van der Waals surface area contributed by atoms with Crippen LogP contribution in [0.15, 0.2) is 36.7 Å². The molecule has 18 heavy (non-hydrogen) atoms. The number of aliphatic hydroxyl groups is 1. The first-order valence-corrected chi connectivity index (χ1v) is 5.56. The second kappa shape index (κ2) is 5.46. The number of hydrogen-bond donors (Lipinski definition) is 1. The molecule has 1 aromatic heterocycles. The van der Waals surface area contributed by atoms with Crippen LogP contribution in [0.3, 0.4) is 0 Å². The lowest BCUT2D eigenvalue weighted by Crippen LogP contribution is -2.08. The Bertz CT molecular complexity index is 529. The quantitative estimate of drug-likeness (QED) is 0.890. The lowest BCUT2D eigenvalue weighted by molar-refractivity contribution is 0.274. The van der Waals surface area contributed by atoms with Gasteiger partial charge in [-0.2, -0.15) is 0 Å². The summed E-state index contributed by atoms with van der Waals surface area (Å²) in [6.45, 7) is -0.151. The molecule has 0 aliphatic rings. The summed E-state index contributed by atoms with van der Waals surface area (Å²) in [6, 6.07) is 7.66. The molecule has 0 bridgehead atoms. The number of ether oxygens (including phenoxy) is 1. The molecule has 0 radical (unpaired) electrons. The molecule has 0 aliphatic heterocycles. The Morgan fingerprint density at radius 1 is 1.28 bits per heavy atom. The number of aliphatic hydroxyl groups excluding tert-OH is 1. The topological polar surface area (TPSA) is 58.5 Å². The fourth-order valence-electron chi connectivity index (χ4n) is 1.46. The average molecular weight is 245 g/mol. The molecule has 0 atom stereocenters. The van der Waals surface area contributed by atoms with E-state index in [0.717, 1.165) is 5.69 Å². The van der Waals surface area contributed by atoms with Gasteiger partial charge in [-0.3, -0.25) is 4.98 Å². The van der Waals surface area contributed by atoms with E-state index in [1.807, 2.05) is 43.3 Å². The van der Waals surface area contributed by atoms with Crippen molar-refractivity contribution in [1.29, 1.82) is 0 Å². The van der Waals surface area contributed by atoms with Crippen LogP contribution in [0.25, 0.3) is 0 Å². The summed E-state index contributed by atoms with van der Waals surface area (Å²) >= 11 is 0. The summed E-state index contributed by atoms with van der Waals surface area (Å²) in [5, 5.41) is 8.98. The van der Waals surface area contributed by atoms with Crippen LogP contribution in [-0.4, -0.2) is 29.2 Å². The highest BCUT2D eigenvalue weighted by Gasteiger charge is 2.03. The van der Waals surface area contributed by atoms with Gasteiger partial charge in [-0.05, 0) is 12.1 Å². The van der Waals surface area contributed by atoms with Crippen molar-refractivity contribution < 1.29 is 9.84 Å². The van der Waals surface area contributed by atoms with E-state index in [1.54, 1.807) is 0 Å². The predicted octanol–water partition coefficient (Wildman–Crippen LogP) is 1.83. The molecule has 0 saturated heterocycles. The largest absolute Gasteiger partial charge is 0.437 e. The van der Waals surface area contributed by atoms with Gasteiger partial charge in [-0.15, -0.1) is 0 Å². The van der Waals surface area contributed by atoms with Crippen LogP contribution < -0.4 is 9.64 Å². The number of benzene rings is 1. The Hall–Kier alpha value is -2.14. The predicted molar refractivity (Wildman–Crippen MR) is 68.8 cm³/mol. The third kappa shape index (κ3) is 2.95. The third-order valence-corrected chi connectivity index (χ3v) is 2.38. The fourth-order valence-corrected chi connectivity index (χ4v) is 1.46. The van der Waals surface area contributed by atoms with Gasteiger partial charge in [0.2, 0.25) is 5.88 Å². The van der Waals surface area contributed by atoms with E-state index in [1.165, 1.54) is 12.4 Å². The lowest BCUT2D eigenvalue weighted by atomic mass is 10.3. The SMILES string of the molecule is CN(C)c1cccc(Oc2cncc(CO)n2)c1. The molecule has 0 saturated carbocycles. The van der Waals surface area contributed by atoms with Crippen LogP contribution in [0, 0.1) is 0 Å². The van der Waals surface area contributed by atoms with Crippen LogP contribution >= 0.6 is 0 Å². The molecule has 1 N–H and O–H groups in total. The monoisotopic (exact) mass is 245 g/mol. The van der Waals surface area contributed by atoms with E-state index >= 15 is 0 Å². The van der Waals surface area contributed by atoms with E-state index in [-0.39, 0.29) is 6.61 Å². The van der Waals surface area contributed by atoms with Crippen molar-refractivity contribution in [3.05, 3.63) is 42.4 Å². The highest BCUT2D eigenvalue weighted by atomic mass is 16.5. The second-order valence-corrected chi connectivity index (χ2v) is 4.00. The van der Waals surface area contributed by atoms with Gasteiger partial charge in [0.15, 0.2) is 0 Å². The zero-order valence-electron chi connectivity index (χ0n) is 10.4. The van der Waals surface area contributed by atoms with Crippen LogP contribution in [0.4, 0.5) is 5.69 Å². The highest BCUT2D eigenvalue weighted by molar-refractivity contribution is 5.49. The van der Waals surface area contributed by atoms with Crippen molar-refractivity contribution in [1.82, 2.24) is 9.97 Å². The number of aromatic nitrogens is 2. The Labute approximate surface area is 106 Å². The maximum Gasteiger partial charge on any atom is 0.238 e. The Kier molecular flexibility index (Phi) is 3.74. The number of anilines is 1. The van der Waals surface area contributed by atoms with Gasteiger partial charge >= 0.3 is 0 Å². The third-order valence-electron chi connectivity index (χ3n) is 2.38. The Balaban J connectivity index is 2.20. The minimum absolute atomic E-state index is 0.151. The first-order valence-electron chi connectivity index (χ1n) is 5.56. The first kappa shape index (κ1) is 12.3. The number of rotatable bonds is 4. The molecule has 0 fully saturated rings. The van der Waals surface area contributed by atoms with Crippen molar-refractivity contribution in [2.45, 2.75) is 6.61 Å². The number of nitrogens with zero attached hydrogens (tertiary/aromatic N) is 3. The highest BCUT2D eigenvalue weighted by Crippen LogP contribution is 2.23. The Morgan fingerprint density at radius 3 is 2.83 bits per heavy atom. The molecule has 0 amide bonds.